The molecule has 14 heteroatoms. The van der Waals surface area contributed by atoms with Crippen LogP contribution >= 0.6 is 34.8 Å². The van der Waals surface area contributed by atoms with E-state index in [0.717, 1.165) is 22.6 Å². The Balaban J connectivity index is 2.16. The molecule has 0 aliphatic carbocycles. The van der Waals surface area contributed by atoms with Crippen LogP contribution in [0.3, 0.4) is 0 Å². The van der Waals surface area contributed by atoms with E-state index in [1.54, 1.807) is 19.9 Å². The van der Waals surface area contributed by atoms with Crippen molar-refractivity contribution < 1.29 is 31.2 Å². The highest BCUT2D eigenvalue weighted by Crippen LogP contribution is 2.38. The van der Waals surface area contributed by atoms with Crippen molar-refractivity contribution in [2.75, 3.05) is 17.9 Å². The third-order valence-electron chi connectivity index (χ3n) is 6.40. The van der Waals surface area contributed by atoms with Crippen LogP contribution in [0.1, 0.15) is 30.0 Å². The van der Waals surface area contributed by atoms with Gasteiger partial charge >= 0.3 is 6.18 Å². The van der Waals surface area contributed by atoms with E-state index < -0.39 is 56.9 Å². The lowest BCUT2D eigenvalue weighted by Gasteiger charge is -2.33. The Labute approximate surface area is 257 Å². The molecule has 2 amide bonds. The first-order valence-electron chi connectivity index (χ1n) is 12.5. The number of carbonyl (C=O) groups is 2. The Kier molecular flexibility index (Phi) is 10.8. The molecule has 42 heavy (non-hydrogen) atoms. The van der Waals surface area contributed by atoms with Gasteiger partial charge in [-0.25, -0.2) is 8.42 Å². The van der Waals surface area contributed by atoms with E-state index in [2.05, 4.69) is 5.32 Å². The SMILES string of the molecule is CC[C@@H](C(=O)NC)N(Cc1ccc(Cl)c(Cl)c1)C(=O)CN(c1ccc(Cl)c(C(F)(F)F)c1)S(=O)(=O)c1ccc(C)cc1. The summed E-state index contributed by atoms with van der Waals surface area (Å²) in [6.07, 6.45) is -4.75. The second-order valence-corrected chi connectivity index (χ2v) is 12.4. The first-order chi connectivity index (χ1) is 19.6. The van der Waals surface area contributed by atoms with Crippen LogP contribution < -0.4 is 9.62 Å². The largest absolute Gasteiger partial charge is 0.417 e. The normalized spacial score (nSPS) is 12.5. The Bertz CT molecular complexity index is 1570. The molecule has 0 spiro atoms. The molecule has 0 unspecified atom stereocenters. The van der Waals surface area contributed by atoms with Crippen LogP contribution in [0, 0.1) is 6.92 Å². The summed E-state index contributed by atoms with van der Waals surface area (Å²) < 4.78 is 69.5. The van der Waals surface area contributed by atoms with Gasteiger partial charge in [0.2, 0.25) is 11.8 Å². The number of hydrogen-bond donors (Lipinski definition) is 1. The molecule has 0 fully saturated rings. The van der Waals surface area contributed by atoms with Crippen molar-refractivity contribution in [2.45, 2.75) is 43.9 Å². The van der Waals surface area contributed by atoms with E-state index in [0.29, 0.717) is 15.9 Å². The number of nitrogens with zero attached hydrogens (tertiary/aromatic N) is 2. The van der Waals surface area contributed by atoms with E-state index in [-0.39, 0.29) is 27.9 Å². The minimum atomic E-state index is -4.90. The summed E-state index contributed by atoms with van der Waals surface area (Å²) in [5.74, 6) is -1.37. The topological polar surface area (TPSA) is 86.8 Å². The minimum absolute atomic E-state index is 0.149. The zero-order valence-electron chi connectivity index (χ0n) is 22.7. The van der Waals surface area contributed by atoms with Gasteiger partial charge in [-0.2, -0.15) is 13.2 Å². The fraction of sp³-hybridized carbons (Fsp3) is 0.286. The van der Waals surface area contributed by atoms with Gasteiger partial charge in [-0.05, 0) is 61.4 Å². The summed E-state index contributed by atoms with van der Waals surface area (Å²) in [6.45, 7) is 2.29. The number of alkyl halides is 3. The highest BCUT2D eigenvalue weighted by Gasteiger charge is 2.37. The molecule has 3 aromatic rings. The van der Waals surface area contributed by atoms with Crippen LogP contribution in [0.4, 0.5) is 18.9 Å². The average Bonchev–Trinajstić information content (AvgIpc) is 2.93. The zero-order chi connectivity index (χ0) is 31.4. The average molecular weight is 665 g/mol. The summed E-state index contributed by atoms with van der Waals surface area (Å²) >= 11 is 17.9. The standard InChI is InChI=1S/C28H27Cl3F3N3O4S/c1-4-25(27(39)35-3)36(15-18-7-11-23(30)24(31)13-18)26(38)16-37(42(40,41)20-9-5-17(2)6-10-20)19-8-12-22(29)21(14-19)28(32,33)34/h5-14,25H,4,15-16H2,1-3H3,(H,35,39)/t25-/m0/s1. The number of aryl methyl sites for hydroxylation is 1. The first kappa shape index (κ1) is 33.5. The Morgan fingerprint density at radius 2 is 1.55 bits per heavy atom. The molecular weight excluding hydrogens is 638 g/mol. The van der Waals surface area contributed by atoms with Crippen molar-refractivity contribution in [2.24, 2.45) is 0 Å². The third kappa shape index (κ3) is 7.69. The van der Waals surface area contributed by atoms with Crippen molar-refractivity contribution >= 4 is 62.3 Å². The Hall–Kier alpha value is -2.99. The quantitative estimate of drug-likeness (QED) is 0.261. The molecule has 0 aliphatic heterocycles. The van der Waals surface area contributed by atoms with Gasteiger partial charge in [-0.3, -0.25) is 13.9 Å². The van der Waals surface area contributed by atoms with Gasteiger partial charge in [0.15, 0.2) is 0 Å². The molecule has 3 aromatic carbocycles. The predicted molar refractivity (Wildman–Crippen MR) is 157 cm³/mol. The fourth-order valence-corrected chi connectivity index (χ4v) is 6.12. The Morgan fingerprint density at radius 3 is 2.10 bits per heavy atom. The van der Waals surface area contributed by atoms with E-state index in [9.17, 15) is 31.2 Å². The molecule has 0 saturated carbocycles. The van der Waals surface area contributed by atoms with Crippen LogP contribution in [0.2, 0.25) is 15.1 Å². The summed E-state index contributed by atoms with van der Waals surface area (Å²) in [5, 5.41) is 2.29. The van der Waals surface area contributed by atoms with Crippen LogP contribution in [0.5, 0.6) is 0 Å². The van der Waals surface area contributed by atoms with Crippen LogP contribution in [-0.2, 0) is 32.3 Å². The van der Waals surface area contributed by atoms with Crippen LogP contribution in [0.25, 0.3) is 0 Å². The first-order valence-corrected chi connectivity index (χ1v) is 15.1. The lowest BCUT2D eigenvalue weighted by atomic mass is 10.1. The van der Waals surface area contributed by atoms with Gasteiger partial charge in [0, 0.05) is 13.6 Å². The number of sulfonamides is 1. The molecule has 1 atom stereocenters. The molecule has 0 radical (unpaired) electrons. The number of rotatable bonds is 10. The second kappa shape index (κ2) is 13.5. The predicted octanol–water partition coefficient (Wildman–Crippen LogP) is 6.72. The van der Waals surface area contributed by atoms with Crippen molar-refractivity contribution in [3.8, 4) is 0 Å². The van der Waals surface area contributed by atoms with E-state index in [1.165, 1.54) is 43.4 Å². The smallest absolute Gasteiger partial charge is 0.357 e. The molecule has 0 bridgehead atoms. The Morgan fingerprint density at radius 1 is 0.929 bits per heavy atom. The molecule has 0 heterocycles. The van der Waals surface area contributed by atoms with E-state index >= 15 is 0 Å². The van der Waals surface area contributed by atoms with Gasteiger partial charge in [-0.15, -0.1) is 0 Å². The molecular formula is C28H27Cl3F3N3O4S. The number of anilines is 1. The van der Waals surface area contributed by atoms with Gasteiger partial charge < -0.3 is 10.2 Å². The number of halogens is 6. The van der Waals surface area contributed by atoms with Gasteiger partial charge in [0.25, 0.3) is 10.0 Å². The summed E-state index contributed by atoms with van der Waals surface area (Å²) in [6, 6.07) is 11.7. The minimum Gasteiger partial charge on any atom is -0.357 e. The molecule has 7 nitrogen and oxygen atoms in total. The summed E-state index contributed by atoms with van der Waals surface area (Å²) in [7, 11) is -3.20. The maximum Gasteiger partial charge on any atom is 0.417 e. The van der Waals surface area contributed by atoms with Crippen molar-refractivity contribution in [1.82, 2.24) is 10.2 Å². The maximum atomic E-state index is 13.9. The lowest BCUT2D eigenvalue weighted by molar-refractivity contribution is -0.140. The monoisotopic (exact) mass is 663 g/mol. The third-order valence-corrected chi connectivity index (χ3v) is 9.26. The van der Waals surface area contributed by atoms with Gasteiger partial charge in [-0.1, -0.05) is 65.5 Å². The lowest BCUT2D eigenvalue weighted by Crippen LogP contribution is -2.51. The van der Waals surface area contributed by atoms with Crippen molar-refractivity contribution in [1.29, 1.82) is 0 Å². The van der Waals surface area contributed by atoms with Crippen molar-refractivity contribution in [3.05, 3.63) is 92.4 Å². The number of likely N-dealkylation sites (N-methyl/N-ethyl adjacent to an activating group) is 1. The fourth-order valence-electron chi connectivity index (χ4n) is 4.17. The molecule has 226 valence electrons. The molecule has 1 N–H and O–H groups in total. The van der Waals surface area contributed by atoms with Gasteiger partial charge in [0.05, 0.1) is 31.2 Å². The molecule has 0 saturated heterocycles. The van der Waals surface area contributed by atoms with Gasteiger partial charge in [0.1, 0.15) is 12.6 Å². The number of hydrogen-bond acceptors (Lipinski definition) is 4. The van der Waals surface area contributed by atoms with E-state index in [1.807, 2.05) is 0 Å². The summed E-state index contributed by atoms with van der Waals surface area (Å²) in [4.78, 5) is 27.6. The van der Waals surface area contributed by atoms with Crippen LogP contribution in [-0.4, -0.2) is 44.8 Å². The zero-order valence-corrected chi connectivity index (χ0v) is 25.8. The molecule has 0 aliphatic rings. The number of amides is 2. The van der Waals surface area contributed by atoms with E-state index in [4.69, 9.17) is 34.8 Å². The molecule has 3 rings (SSSR count). The maximum absolute atomic E-state index is 13.9. The molecule has 0 aromatic heterocycles. The number of nitrogens with one attached hydrogen (secondary N) is 1. The second-order valence-electron chi connectivity index (χ2n) is 9.30. The summed E-state index contributed by atoms with van der Waals surface area (Å²) in [5.41, 5.74) is -0.490. The number of benzene rings is 3. The number of carbonyl (C=O) groups excluding carboxylic acids is 2. The van der Waals surface area contributed by atoms with Crippen LogP contribution in [0.15, 0.2) is 65.6 Å². The highest BCUT2D eigenvalue weighted by atomic mass is 35.5. The van der Waals surface area contributed by atoms with Crippen molar-refractivity contribution in [3.63, 3.8) is 0 Å². The highest BCUT2D eigenvalue weighted by molar-refractivity contribution is 7.92.